The van der Waals surface area contributed by atoms with Gasteiger partial charge < -0.3 is 0 Å². The molecule has 4 aliphatic carbocycles. The Labute approximate surface area is 256 Å². The first-order valence-corrected chi connectivity index (χ1v) is 15.8. The molecule has 0 N–H and O–H groups in total. The van der Waals surface area contributed by atoms with Gasteiger partial charge in [0.1, 0.15) is 5.69 Å². The fourth-order valence-corrected chi connectivity index (χ4v) is 8.92. The van der Waals surface area contributed by atoms with Crippen LogP contribution < -0.4 is 0 Å². The quantitative estimate of drug-likeness (QED) is 0.212. The van der Waals surface area contributed by atoms with E-state index in [2.05, 4.69) is 42.5 Å². The van der Waals surface area contributed by atoms with Crippen molar-refractivity contribution in [3.8, 4) is 40.4 Å². The Morgan fingerprint density at radius 3 is 2.09 bits per heavy atom. The molecule has 4 fully saturated rings. The molecule has 5 heteroatoms. The van der Waals surface area contributed by atoms with Crippen LogP contribution in [0.5, 0.6) is 0 Å². The zero-order valence-electron chi connectivity index (χ0n) is 24.4. The monoisotopic (exact) mass is 569 g/mol. The topological polar surface area (TPSA) is 75.3 Å². The number of para-hydroxylation sites is 1. The summed E-state index contributed by atoms with van der Waals surface area (Å²) in [4.78, 5) is 20.0. The van der Waals surface area contributed by atoms with E-state index in [1.54, 1.807) is 0 Å². The third-order valence-corrected chi connectivity index (χ3v) is 10.5. The molecule has 0 amide bonds. The predicted molar refractivity (Wildman–Crippen MR) is 174 cm³/mol. The molecule has 0 radical (unpaired) electrons. The number of hydrogen-bond acceptors (Lipinski definition) is 5. The average Bonchev–Trinajstić information content (AvgIpc) is 3.07. The Kier molecular flexibility index (Phi) is 5.68. The predicted octanol–water partition coefficient (Wildman–Crippen LogP) is 8.91. The van der Waals surface area contributed by atoms with Crippen LogP contribution in [0.25, 0.3) is 56.0 Å². The summed E-state index contributed by atoms with van der Waals surface area (Å²) in [5.74, 6) is 4.52. The van der Waals surface area contributed by atoms with Crippen LogP contribution in [0.2, 0.25) is 0 Å². The third-order valence-electron chi connectivity index (χ3n) is 10.5. The van der Waals surface area contributed by atoms with E-state index in [4.69, 9.17) is 19.9 Å². The normalized spacial score (nSPS) is 23.7. The second kappa shape index (κ2) is 9.79. The molecule has 0 aliphatic heterocycles. The summed E-state index contributed by atoms with van der Waals surface area (Å²) in [5, 5.41) is 12.5. The summed E-state index contributed by atoms with van der Waals surface area (Å²) >= 11 is 0. The van der Waals surface area contributed by atoms with Crippen LogP contribution in [0.4, 0.5) is 0 Å². The summed E-state index contributed by atoms with van der Waals surface area (Å²) in [6, 6.07) is 35.4. The molecular weight excluding hydrogens is 538 g/mol. The standard InChI is InChI=1S/C39H31N5/c40-23-24-8-14-32-30(19-24)5-3-6-33(32)37-42-36(43-38(44-37)35-15-11-28-4-1-2-7-34(28)41-35)29-9-12-31(13-10-29)39-20-25-16-26(21-39)18-27(17-25)22-39/h1-15,19,25-27H,16-18,20-22H2/t25-,26+,27-,39?. The van der Waals surface area contributed by atoms with Crippen LogP contribution in [0.15, 0.2) is 97.1 Å². The van der Waals surface area contributed by atoms with Gasteiger partial charge in [0.15, 0.2) is 17.5 Å². The van der Waals surface area contributed by atoms with Crippen LogP contribution in [-0.2, 0) is 5.41 Å². The molecule has 10 rings (SSSR count). The van der Waals surface area contributed by atoms with Crippen molar-refractivity contribution in [2.45, 2.75) is 43.9 Å². The molecule has 4 bridgehead atoms. The average molecular weight is 570 g/mol. The fraction of sp³-hybridized carbons (Fsp3) is 0.256. The lowest BCUT2D eigenvalue weighted by Crippen LogP contribution is -2.48. The largest absolute Gasteiger partial charge is 0.244 e. The zero-order valence-corrected chi connectivity index (χ0v) is 24.4. The smallest absolute Gasteiger partial charge is 0.182 e. The van der Waals surface area contributed by atoms with Crippen LogP contribution in [0, 0.1) is 29.1 Å². The van der Waals surface area contributed by atoms with E-state index in [-0.39, 0.29) is 0 Å². The number of benzene rings is 4. The van der Waals surface area contributed by atoms with Crippen molar-refractivity contribution < 1.29 is 0 Å². The van der Waals surface area contributed by atoms with Gasteiger partial charge in [-0.15, -0.1) is 0 Å². The second-order valence-electron chi connectivity index (χ2n) is 13.3. The first-order valence-electron chi connectivity index (χ1n) is 15.8. The van der Waals surface area contributed by atoms with Crippen LogP contribution in [0.1, 0.15) is 49.7 Å². The molecule has 6 aromatic rings. The molecule has 0 unspecified atom stereocenters. The van der Waals surface area contributed by atoms with Crippen molar-refractivity contribution in [1.82, 2.24) is 19.9 Å². The van der Waals surface area contributed by atoms with Crippen molar-refractivity contribution in [3.63, 3.8) is 0 Å². The van der Waals surface area contributed by atoms with Gasteiger partial charge in [-0.25, -0.2) is 19.9 Å². The molecule has 4 aliphatic rings. The van der Waals surface area contributed by atoms with E-state index in [1.165, 1.54) is 44.1 Å². The first-order chi connectivity index (χ1) is 21.6. The molecule has 0 spiro atoms. The number of fused-ring (bicyclic) bond motifs is 2. The molecular formula is C39H31N5. The molecule has 4 aromatic carbocycles. The highest BCUT2D eigenvalue weighted by Crippen LogP contribution is 2.60. The van der Waals surface area contributed by atoms with Crippen LogP contribution in [-0.4, -0.2) is 19.9 Å². The minimum absolute atomic E-state index is 0.350. The lowest BCUT2D eigenvalue weighted by atomic mass is 9.48. The molecule has 4 saturated carbocycles. The summed E-state index contributed by atoms with van der Waals surface area (Å²) in [6.07, 6.45) is 8.38. The SMILES string of the molecule is N#Cc1ccc2c(-c3nc(-c4ccc(C56C[C@H]7C[C@@H](C5)C[C@@H](C6)C7)cc4)nc(-c4ccc5ccccc5n4)n3)cccc2c1. The summed E-state index contributed by atoms with van der Waals surface area (Å²) in [6.45, 7) is 0. The van der Waals surface area contributed by atoms with Crippen molar-refractivity contribution in [1.29, 1.82) is 5.26 Å². The van der Waals surface area contributed by atoms with Crippen LogP contribution in [0.3, 0.4) is 0 Å². The molecule has 212 valence electrons. The Bertz CT molecular complexity index is 2090. The van der Waals surface area contributed by atoms with Gasteiger partial charge >= 0.3 is 0 Å². The number of pyridine rings is 1. The van der Waals surface area contributed by atoms with E-state index in [9.17, 15) is 5.26 Å². The van der Waals surface area contributed by atoms with Crippen LogP contribution >= 0.6 is 0 Å². The minimum atomic E-state index is 0.350. The summed E-state index contributed by atoms with van der Waals surface area (Å²) < 4.78 is 0. The van der Waals surface area contributed by atoms with Gasteiger partial charge in [-0.2, -0.15) is 5.26 Å². The highest BCUT2D eigenvalue weighted by Gasteiger charge is 2.51. The summed E-state index contributed by atoms with van der Waals surface area (Å²) in [5.41, 5.74) is 5.98. The van der Waals surface area contributed by atoms with Crippen molar-refractivity contribution in [2.24, 2.45) is 17.8 Å². The highest BCUT2D eigenvalue weighted by molar-refractivity contribution is 5.96. The lowest BCUT2D eigenvalue weighted by molar-refractivity contribution is -0.00518. The molecule has 0 saturated heterocycles. The van der Waals surface area contributed by atoms with E-state index in [1.807, 2.05) is 60.7 Å². The third kappa shape index (κ3) is 4.20. The first kappa shape index (κ1) is 25.5. The summed E-state index contributed by atoms with van der Waals surface area (Å²) in [7, 11) is 0. The number of nitrogens with zero attached hydrogens (tertiary/aromatic N) is 5. The molecule has 5 nitrogen and oxygen atoms in total. The number of rotatable bonds is 4. The Morgan fingerprint density at radius 2 is 1.32 bits per heavy atom. The molecule has 2 aromatic heterocycles. The van der Waals surface area contributed by atoms with Crippen molar-refractivity contribution in [2.75, 3.05) is 0 Å². The highest BCUT2D eigenvalue weighted by atomic mass is 15.0. The fourth-order valence-electron chi connectivity index (χ4n) is 8.92. The maximum Gasteiger partial charge on any atom is 0.182 e. The van der Waals surface area contributed by atoms with Gasteiger partial charge in [-0.3, -0.25) is 0 Å². The Balaban J connectivity index is 1.17. The Hall–Kier alpha value is -4.95. The number of nitriles is 1. The minimum Gasteiger partial charge on any atom is -0.244 e. The second-order valence-corrected chi connectivity index (χ2v) is 13.3. The Morgan fingerprint density at radius 1 is 0.614 bits per heavy atom. The van der Waals surface area contributed by atoms with Crippen molar-refractivity contribution in [3.05, 3.63) is 108 Å². The van der Waals surface area contributed by atoms with E-state index in [0.29, 0.717) is 34.1 Å². The zero-order chi connectivity index (χ0) is 29.3. The van der Waals surface area contributed by atoms with E-state index >= 15 is 0 Å². The van der Waals surface area contributed by atoms with Gasteiger partial charge in [0.05, 0.1) is 17.1 Å². The maximum atomic E-state index is 9.46. The van der Waals surface area contributed by atoms with Gasteiger partial charge in [0.2, 0.25) is 0 Å². The van der Waals surface area contributed by atoms with E-state index < -0.39 is 0 Å². The molecule has 2 heterocycles. The number of hydrogen-bond donors (Lipinski definition) is 0. The number of aromatic nitrogens is 4. The van der Waals surface area contributed by atoms with Gasteiger partial charge in [-0.1, -0.05) is 72.8 Å². The molecule has 0 atom stereocenters. The van der Waals surface area contributed by atoms with Crippen molar-refractivity contribution >= 4 is 21.7 Å². The van der Waals surface area contributed by atoms with E-state index in [0.717, 1.165) is 50.6 Å². The van der Waals surface area contributed by atoms with Gasteiger partial charge in [-0.05, 0) is 102 Å². The lowest BCUT2D eigenvalue weighted by Gasteiger charge is -2.57. The van der Waals surface area contributed by atoms with Gasteiger partial charge in [0.25, 0.3) is 0 Å². The maximum absolute atomic E-state index is 9.46. The molecule has 44 heavy (non-hydrogen) atoms. The van der Waals surface area contributed by atoms with Gasteiger partial charge in [0, 0.05) is 16.5 Å².